The minimum atomic E-state index is -1.05. The molecular weight excluding hydrogens is 263 g/mol. The van der Waals surface area contributed by atoms with E-state index in [4.69, 9.17) is 28.3 Å². The molecular formula is C11H8Cl2N2O2. The maximum absolute atomic E-state index is 11.1. The van der Waals surface area contributed by atoms with E-state index in [1.807, 2.05) is 0 Å². The molecule has 0 bridgehead atoms. The summed E-state index contributed by atoms with van der Waals surface area (Å²) in [6.07, 6.45) is 1.42. The van der Waals surface area contributed by atoms with E-state index in [0.29, 0.717) is 21.4 Å². The molecule has 6 heteroatoms. The van der Waals surface area contributed by atoms with Gasteiger partial charge in [-0.3, -0.25) is 4.57 Å². The van der Waals surface area contributed by atoms with Crippen LogP contribution in [0.1, 0.15) is 16.2 Å². The number of carboxylic acids is 1. The normalized spacial score (nSPS) is 10.5. The number of carbonyl (C=O) groups is 1. The average Bonchev–Trinajstić information content (AvgIpc) is 2.60. The first-order chi connectivity index (χ1) is 8.00. The molecule has 4 nitrogen and oxygen atoms in total. The van der Waals surface area contributed by atoms with Crippen molar-refractivity contribution < 1.29 is 9.90 Å². The number of aromatic carboxylic acids is 1. The zero-order valence-electron chi connectivity index (χ0n) is 8.82. The highest BCUT2D eigenvalue weighted by Gasteiger charge is 2.17. The largest absolute Gasteiger partial charge is 0.477 e. The second-order valence-corrected chi connectivity index (χ2v) is 4.29. The third kappa shape index (κ3) is 2.14. The monoisotopic (exact) mass is 270 g/mol. The minimum absolute atomic E-state index is 0.0919. The molecule has 0 radical (unpaired) electrons. The van der Waals surface area contributed by atoms with Crippen LogP contribution in [0.2, 0.25) is 10.0 Å². The molecule has 1 aromatic carbocycles. The third-order valence-corrected chi connectivity index (χ3v) is 2.86. The van der Waals surface area contributed by atoms with Gasteiger partial charge in [0.1, 0.15) is 6.33 Å². The lowest BCUT2D eigenvalue weighted by molar-refractivity contribution is 0.0687. The van der Waals surface area contributed by atoms with Crippen molar-refractivity contribution in [2.24, 2.45) is 0 Å². The number of hydrogen-bond donors (Lipinski definition) is 1. The number of carboxylic acid groups (broad SMARTS) is 1. The zero-order chi connectivity index (χ0) is 12.6. The number of aryl methyl sites for hydroxylation is 1. The van der Waals surface area contributed by atoms with Crippen molar-refractivity contribution in [2.75, 3.05) is 0 Å². The maximum atomic E-state index is 11.1. The lowest BCUT2D eigenvalue weighted by Crippen LogP contribution is -2.07. The van der Waals surface area contributed by atoms with Gasteiger partial charge in [0.15, 0.2) is 5.69 Å². The lowest BCUT2D eigenvalue weighted by atomic mass is 10.3. The van der Waals surface area contributed by atoms with Gasteiger partial charge in [-0.1, -0.05) is 23.2 Å². The van der Waals surface area contributed by atoms with Gasteiger partial charge >= 0.3 is 5.97 Å². The molecule has 0 spiro atoms. The second kappa shape index (κ2) is 4.39. The molecule has 1 aromatic heterocycles. The molecule has 0 unspecified atom stereocenters. The Bertz CT molecular complexity index is 593. The summed E-state index contributed by atoms with van der Waals surface area (Å²) in [7, 11) is 0. The van der Waals surface area contributed by atoms with E-state index in [1.54, 1.807) is 25.1 Å². The summed E-state index contributed by atoms with van der Waals surface area (Å²) in [4.78, 5) is 15.1. The van der Waals surface area contributed by atoms with E-state index >= 15 is 0 Å². The summed E-state index contributed by atoms with van der Waals surface area (Å²) >= 11 is 11.8. The van der Waals surface area contributed by atoms with Crippen LogP contribution in [0.15, 0.2) is 24.5 Å². The first-order valence-corrected chi connectivity index (χ1v) is 5.49. The number of hydrogen-bond acceptors (Lipinski definition) is 2. The van der Waals surface area contributed by atoms with Crippen LogP contribution in [0.5, 0.6) is 0 Å². The number of benzene rings is 1. The van der Waals surface area contributed by atoms with Gasteiger partial charge in [-0.05, 0) is 25.1 Å². The van der Waals surface area contributed by atoms with Crippen LogP contribution in [-0.2, 0) is 0 Å². The maximum Gasteiger partial charge on any atom is 0.354 e. The molecule has 2 rings (SSSR count). The van der Waals surface area contributed by atoms with Crippen LogP contribution in [0.25, 0.3) is 5.69 Å². The molecule has 0 fully saturated rings. The van der Waals surface area contributed by atoms with Crippen molar-refractivity contribution in [3.05, 3.63) is 46.0 Å². The fourth-order valence-electron chi connectivity index (χ4n) is 1.55. The average molecular weight is 271 g/mol. The van der Waals surface area contributed by atoms with Crippen LogP contribution in [0, 0.1) is 6.92 Å². The molecule has 88 valence electrons. The summed E-state index contributed by atoms with van der Waals surface area (Å²) in [5.41, 5.74) is 1.06. The quantitative estimate of drug-likeness (QED) is 0.912. The van der Waals surface area contributed by atoms with Crippen LogP contribution in [-0.4, -0.2) is 20.6 Å². The van der Waals surface area contributed by atoms with Crippen molar-refractivity contribution in [3.63, 3.8) is 0 Å². The highest BCUT2D eigenvalue weighted by molar-refractivity contribution is 6.35. The van der Waals surface area contributed by atoms with Gasteiger partial charge in [0.25, 0.3) is 0 Å². The highest BCUT2D eigenvalue weighted by atomic mass is 35.5. The first kappa shape index (κ1) is 12.0. The van der Waals surface area contributed by atoms with Gasteiger partial charge in [0, 0.05) is 5.02 Å². The Kier molecular flexibility index (Phi) is 3.09. The Morgan fingerprint density at radius 3 is 2.71 bits per heavy atom. The van der Waals surface area contributed by atoms with Gasteiger partial charge in [-0.15, -0.1) is 0 Å². The molecule has 0 aliphatic rings. The minimum Gasteiger partial charge on any atom is -0.477 e. The van der Waals surface area contributed by atoms with Crippen molar-refractivity contribution >= 4 is 29.2 Å². The van der Waals surface area contributed by atoms with Crippen LogP contribution in [0.4, 0.5) is 0 Å². The first-order valence-electron chi connectivity index (χ1n) is 4.73. The van der Waals surface area contributed by atoms with Gasteiger partial charge < -0.3 is 5.11 Å². The van der Waals surface area contributed by atoms with E-state index < -0.39 is 5.97 Å². The van der Waals surface area contributed by atoms with Gasteiger partial charge in [-0.2, -0.15) is 0 Å². The highest BCUT2D eigenvalue weighted by Crippen LogP contribution is 2.26. The van der Waals surface area contributed by atoms with E-state index in [1.165, 1.54) is 10.9 Å². The van der Waals surface area contributed by atoms with Crippen molar-refractivity contribution in [2.45, 2.75) is 6.92 Å². The predicted molar refractivity (Wildman–Crippen MR) is 65.3 cm³/mol. The summed E-state index contributed by atoms with van der Waals surface area (Å²) in [6, 6.07) is 4.85. The van der Waals surface area contributed by atoms with Crippen molar-refractivity contribution in [1.29, 1.82) is 0 Å². The molecule has 0 atom stereocenters. The SMILES string of the molecule is Cc1ncn(-c2ccc(Cl)cc2Cl)c1C(=O)O. The fourth-order valence-corrected chi connectivity index (χ4v) is 2.05. The molecule has 0 saturated heterocycles. The molecule has 0 aliphatic carbocycles. The molecule has 1 N–H and O–H groups in total. The van der Waals surface area contributed by atoms with Gasteiger partial charge in [0.05, 0.1) is 16.4 Å². The van der Waals surface area contributed by atoms with E-state index in [-0.39, 0.29) is 5.69 Å². The van der Waals surface area contributed by atoms with Crippen molar-refractivity contribution in [1.82, 2.24) is 9.55 Å². The van der Waals surface area contributed by atoms with E-state index in [0.717, 1.165) is 0 Å². The summed E-state index contributed by atoms with van der Waals surface area (Å²) < 4.78 is 1.43. The molecule has 17 heavy (non-hydrogen) atoms. The lowest BCUT2D eigenvalue weighted by Gasteiger charge is -2.08. The van der Waals surface area contributed by atoms with Gasteiger partial charge in [0.2, 0.25) is 0 Å². The Morgan fingerprint density at radius 2 is 2.12 bits per heavy atom. The summed E-state index contributed by atoms with van der Waals surface area (Å²) in [6.45, 7) is 1.63. The topological polar surface area (TPSA) is 55.1 Å². The summed E-state index contributed by atoms with van der Waals surface area (Å²) in [5, 5.41) is 9.98. The van der Waals surface area contributed by atoms with Crippen LogP contribution >= 0.6 is 23.2 Å². The smallest absolute Gasteiger partial charge is 0.354 e. The number of aromatic nitrogens is 2. The predicted octanol–water partition coefficient (Wildman–Crippen LogP) is 3.19. The number of halogens is 2. The van der Waals surface area contributed by atoms with Crippen LogP contribution < -0.4 is 0 Å². The standard InChI is InChI=1S/C11H8Cl2N2O2/c1-6-10(11(16)17)15(5-14-6)9-3-2-7(12)4-8(9)13/h2-5H,1H3,(H,16,17). The Labute approximate surface area is 107 Å². The fraction of sp³-hybridized carbons (Fsp3) is 0.0909. The van der Waals surface area contributed by atoms with Crippen molar-refractivity contribution in [3.8, 4) is 5.69 Å². The number of rotatable bonds is 2. The Morgan fingerprint density at radius 1 is 1.41 bits per heavy atom. The third-order valence-electron chi connectivity index (χ3n) is 2.32. The molecule has 0 aliphatic heterocycles. The molecule has 2 aromatic rings. The molecule has 1 heterocycles. The Balaban J connectivity index is 2.65. The van der Waals surface area contributed by atoms with Crippen LogP contribution in [0.3, 0.4) is 0 Å². The zero-order valence-corrected chi connectivity index (χ0v) is 10.3. The summed E-state index contributed by atoms with van der Waals surface area (Å²) in [5.74, 6) is -1.05. The second-order valence-electron chi connectivity index (χ2n) is 3.45. The Hall–Kier alpha value is -1.52. The number of imidazole rings is 1. The molecule has 0 amide bonds. The van der Waals surface area contributed by atoms with E-state index in [9.17, 15) is 4.79 Å². The van der Waals surface area contributed by atoms with Gasteiger partial charge in [-0.25, -0.2) is 9.78 Å². The number of nitrogens with zero attached hydrogens (tertiary/aromatic N) is 2. The van der Waals surface area contributed by atoms with E-state index in [2.05, 4.69) is 4.98 Å². The molecule has 0 saturated carbocycles.